The molecule has 3 N–H and O–H groups in total. The van der Waals surface area contributed by atoms with E-state index in [1.165, 1.54) is 10.2 Å². The second kappa shape index (κ2) is 6.05. The second-order valence-electron chi connectivity index (χ2n) is 5.96. The smallest absolute Gasteiger partial charge is 0.246 e. The number of aromatic nitrogens is 3. The molecule has 0 spiro atoms. The van der Waals surface area contributed by atoms with Crippen LogP contribution in [0.1, 0.15) is 32.0 Å². The van der Waals surface area contributed by atoms with Crippen LogP contribution in [0.4, 0.5) is 5.69 Å². The maximum atomic E-state index is 12.0. The van der Waals surface area contributed by atoms with Crippen LogP contribution in [-0.4, -0.2) is 20.9 Å². The Morgan fingerprint density at radius 1 is 1.29 bits per heavy atom. The van der Waals surface area contributed by atoms with Crippen LogP contribution >= 0.6 is 0 Å². The summed E-state index contributed by atoms with van der Waals surface area (Å²) in [6.45, 7) is 6.87. The van der Waals surface area contributed by atoms with E-state index in [1.54, 1.807) is 6.20 Å². The molecule has 0 saturated carbocycles. The van der Waals surface area contributed by atoms with Gasteiger partial charge in [-0.1, -0.05) is 38.1 Å². The molecule has 0 aliphatic carbocycles. The van der Waals surface area contributed by atoms with Crippen LogP contribution < -0.4 is 11.1 Å². The monoisotopic (exact) mass is 287 g/mol. The lowest BCUT2D eigenvalue weighted by Crippen LogP contribution is -2.22. The van der Waals surface area contributed by atoms with Crippen LogP contribution in [0.5, 0.6) is 0 Å². The number of benzene rings is 1. The Hall–Kier alpha value is -2.21. The number of nitrogens with two attached hydrogens (primary N) is 1. The minimum Gasteiger partial charge on any atom is -0.325 e. The van der Waals surface area contributed by atoms with Crippen molar-refractivity contribution in [3.63, 3.8) is 0 Å². The van der Waals surface area contributed by atoms with E-state index in [0.29, 0.717) is 6.54 Å². The van der Waals surface area contributed by atoms with E-state index in [2.05, 4.69) is 36.4 Å². The summed E-state index contributed by atoms with van der Waals surface area (Å²) >= 11 is 0. The summed E-state index contributed by atoms with van der Waals surface area (Å²) < 4.78 is 1.50. The molecule has 6 heteroatoms. The number of carbonyl (C=O) groups is 1. The number of amides is 1. The van der Waals surface area contributed by atoms with Crippen LogP contribution in [-0.2, 0) is 23.3 Å². The molecule has 1 heterocycles. The molecule has 1 aromatic heterocycles. The zero-order valence-electron chi connectivity index (χ0n) is 12.6. The highest BCUT2D eigenvalue weighted by Gasteiger charge is 2.13. The van der Waals surface area contributed by atoms with Gasteiger partial charge in [-0.25, -0.2) is 4.68 Å². The normalized spacial score (nSPS) is 11.4. The van der Waals surface area contributed by atoms with E-state index in [0.717, 1.165) is 11.4 Å². The van der Waals surface area contributed by atoms with E-state index < -0.39 is 0 Å². The number of nitrogens with one attached hydrogen (secondary N) is 1. The minimum atomic E-state index is -0.154. The predicted octanol–water partition coefficient (Wildman–Crippen LogP) is 1.67. The Labute approximate surface area is 124 Å². The molecule has 0 radical (unpaired) electrons. The first kappa shape index (κ1) is 15.2. The summed E-state index contributed by atoms with van der Waals surface area (Å²) in [5.41, 5.74) is 8.36. The lowest BCUT2D eigenvalue weighted by molar-refractivity contribution is -0.117. The third-order valence-electron chi connectivity index (χ3n) is 3.24. The molecule has 0 saturated heterocycles. The first-order chi connectivity index (χ1) is 9.90. The van der Waals surface area contributed by atoms with Crippen molar-refractivity contribution in [2.24, 2.45) is 5.73 Å². The molecule has 1 aromatic carbocycles. The highest BCUT2D eigenvalue weighted by atomic mass is 16.2. The SMILES string of the molecule is CC(C)(C)c1ccc(NC(=O)Cn2nncc2CN)cc1. The van der Waals surface area contributed by atoms with Gasteiger partial charge in [0.1, 0.15) is 6.54 Å². The molecule has 2 aromatic rings. The number of anilines is 1. The van der Waals surface area contributed by atoms with Gasteiger partial charge in [0.15, 0.2) is 0 Å². The maximum absolute atomic E-state index is 12.0. The zero-order chi connectivity index (χ0) is 15.5. The van der Waals surface area contributed by atoms with Crippen molar-refractivity contribution in [3.05, 3.63) is 41.7 Å². The minimum absolute atomic E-state index is 0.0965. The Morgan fingerprint density at radius 3 is 2.52 bits per heavy atom. The van der Waals surface area contributed by atoms with E-state index in [-0.39, 0.29) is 17.9 Å². The van der Waals surface area contributed by atoms with Gasteiger partial charge in [0.05, 0.1) is 11.9 Å². The van der Waals surface area contributed by atoms with Gasteiger partial charge in [0.2, 0.25) is 5.91 Å². The zero-order valence-corrected chi connectivity index (χ0v) is 12.6. The van der Waals surface area contributed by atoms with Crippen molar-refractivity contribution in [1.82, 2.24) is 15.0 Å². The fourth-order valence-electron chi connectivity index (χ4n) is 1.96. The molecule has 21 heavy (non-hydrogen) atoms. The fourth-order valence-corrected chi connectivity index (χ4v) is 1.96. The van der Waals surface area contributed by atoms with Crippen LogP contribution in [0, 0.1) is 0 Å². The summed E-state index contributed by atoms with van der Waals surface area (Å²) in [6.07, 6.45) is 1.56. The molecule has 0 fully saturated rings. The van der Waals surface area contributed by atoms with E-state index >= 15 is 0 Å². The van der Waals surface area contributed by atoms with Gasteiger partial charge in [-0.2, -0.15) is 0 Å². The second-order valence-corrected chi connectivity index (χ2v) is 5.96. The first-order valence-electron chi connectivity index (χ1n) is 6.88. The third-order valence-corrected chi connectivity index (χ3v) is 3.24. The van der Waals surface area contributed by atoms with Gasteiger partial charge in [0, 0.05) is 12.2 Å². The van der Waals surface area contributed by atoms with Crippen LogP contribution in [0.3, 0.4) is 0 Å². The number of hydrogen-bond donors (Lipinski definition) is 2. The molecular formula is C15H21N5O. The molecule has 0 aliphatic rings. The fraction of sp³-hybridized carbons (Fsp3) is 0.400. The average molecular weight is 287 g/mol. The average Bonchev–Trinajstić information content (AvgIpc) is 2.85. The Kier molecular flexibility index (Phi) is 4.37. The van der Waals surface area contributed by atoms with E-state index in [4.69, 9.17) is 5.73 Å². The molecule has 0 bridgehead atoms. The topological polar surface area (TPSA) is 85.8 Å². The van der Waals surface area contributed by atoms with Crippen molar-refractivity contribution in [1.29, 1.82) is 0 Å². The summed E-state index contributed by atoms with van der Waals surface area (Å²) in [4.78, 5) is 12.0. The lowest BCUT2D eigenvalue weighted by atomic mass is 9.87. The molecule has 2 rings (SSSR count). The number of carbonyl (C=O) groups excluding carboxylic acids is 1. The highest BCUT2D eigenvalue weighted by molar-refractivity contribution is 5.90. The molecule has 0 aliphatic heterocycles. The van der Waals surface area contributed by atoms with Crippen LogP contribution in [0.15, 0.2) is 30.5 Å². The predicted molar refractivity (Wildman–Crippen MR) is 81.7 cm³/mol. The molecule has 1 amide bonds. The first-order valence-corrected chi connectivity index (χ1v) is 6.88. The molecule has 0 atom stereocenters. The molecule has 112 valence electrons. The Morgan fingerprint density at radius 2 is 1.95 bits per heavy atom. The van der Waals surface area contributed by atoms with Gasteiger partial charge in [-0.3, -0.25) is 4.79 Å². The summed E-state index contributed by atoms with van der Waals surface area (Å²) in [6, 6.07) is 7.86. The van der Waals surface area contributed by atoms with Crippen molar-refractivity contribution < 1.29 is 4.79 Å². The quantitative estimate of drug-likeness (QED) is 0.895. The number of rotatable bonds is 4. The Bertz CT molecular complexity index is 610. The summed E-state index contributed by atoms with van der Waals surface area (Å²) in [5.74, 6) is -0.154. The maximum Gasteiger partial charge on any atom is 0.246 e. The standard InChI is InChI=1S/C15H21N5O/c1-15(2,3)11-4-6-12(7-5-11)18-14(21)10-20-13(8-16)9-17-19-20/h4-7,9H,8,10,16H2,1-3H3,(H,18,21). The largest absolute Gasteiger partial charge is 0.325 e. The van der Waals surface area contributed by atoms with E-state index in [9.17, 15) is 4.79 Å². The van der Waals surface area contributed by atoms with Gasteiger partial charge in [-0.15, -0.1) is 5.10 Å². The lowest BCUT2D eigenvalue weighted by Gasteiger charge is -2.19. The van der Waals surface area contributed by atoms with Crippen LogP contribution in [0.25, 0.3) is 0 Å². The van der Waals surface area contributed by atoms with Gasteiger partial charge >= 0.3 is 0 Å². The molecule has 0 unspecified atom stereocenters. The van der Waals surface area contributed by atoms with Gasteiger partial charge < -0.3 is 11.1 Å². The molecule has 6 nitrogen and oxygen atoms in total. The Balaban J connectivity index is 2.00. The van der Waals surface area contributed by atoms with Crippen molar-refractivity contribution in [2.75, 3.05) is 5.32 Å². The summed E-state index contributed by atoms with van der Waals surface area (Å²) in [5, 5.41) is 10.4. The van der Waals surface area contributed by atoms with Crippen molar-refractivity contribution >= 4 is 11.6 Å². The third kappa shape index (κ3) is 3.88. The van der Waals surface area contributed by atoms with E-state index in [1.807, 2.05) is 24.3 Å². The van der Waals surface area contributed by atoms with Crippen LogP contribution in [0.2, 0.25) is 0 Å². The highest BCUT2D eigenvalue weighted by Crippen LogP contribution is 2.23. The van der Waals surface area contributed by atoms with Gasteiger partial charge in [-0.05, 0) is 23.1 Å². The molecular weight excluding hydrogens is 266 g/mol. The summed E-state index contributed by atoms with van der Waals surface area (Å²) in [7, 11) is 0. The van der Waals surface area contributed by atoms with Gasteiger partial charge in [0.25, 0.3) is 0 Å². The van der Waals surface area contributed by atoms with Crippen molar-refractivity contribution in [2.45, 2.75) is 39.3 Å². The van der Waals surface area contributed by atoms with Crippen molar-refractivity contribution in [3.8, 4) is 0 Å². The number of nitrogens with zero attached hydrogens (tertiary/aromatic N) is 3. The number of hydrogen-bond acceptors (Lipinski definition) is 4.